The maximum atomic E-state index is 13.7. The van der Waals surface area contributed by atoms with Crippen LogP contribution in [0.25, 0.3) is 5.69 Å². The third-order valence-electron chi connectivity index (χ3n) is 3.01. The molecular weight excluding hydrogens is 281 g/mol. The van der Waals surface area contributed by atoms with E-state index >= 15 is 0 Å². The summed E-state index contributed by atoms with van der Waals surface area (Å²) >= 11 is 0. The van der Waals surface area contributed by atoms with Gasteiger partial charge in [-0.2, -0.15) is 0 Å². The minimum absolute atomic E-state index is 0.0840. The van der Waals surface area contributed by atoms with Gasteiger partial charge >= 0.3 is 0 Å². The molecule has 106 valence electrons. The van der Waals surface area contributed by atoms with Crippen LogP contribution in [0.2, 0.25) is 0 Å². The van der Waals surface area contributed by atoms with Gasteiger partial charge in [-0.15, -0.1) is 0 Å². The molecule has 7 heteroatoms. The van der Waals surface area contributed by atoms with E-state index in [1.54, 1.807) is 0 Å². The molecule has 0 saturated carbocycles. The minimum Gasteiger partial charge on any atom is -0.312 e. The first-order chi connectivity index (χ1) is 9.31. The number of aldehydes is 1. The normalized spacial score (nSPS) is 10.9. The number of aryl methyl sites for hydroxylation is 1. The maximum Gasteiger partial charge on any atom is 0.200 e. The molecule has 20 heavy (non-hydrogen) atoms. The van der Waals surface area contributed by atoms with E-state index in [0.717, 1.165) is 4.57 Å². The van der Waals surface area contributed by atoms with E-state index in [-0.39, 0.29) is 17.0 Å². The molecule has 0 aliphatic heterocycles. The zero-order valence-electron chi connectivity index (χ0n) is 10.4. The molecule has 0 radical (unpaired) electrons. The third-order valence-corrected chi connectivity index (χ3v) is 3.01. The molecule has 0 unspecified atom stereocenters. The molecule has 0 bridgehead atoms. The molecule has 0 N–H and O–H groups in total. The van der Waals surface area contributed by atoms with Crippen LogP contribution in [0.5, 0.6) is 0 Å². The molecule has 1 aromatic heterocycles. The number of nitrogens with zero attached hydrogens (tertiary/aromatic N) is 1. The van der Waals surface area contributed by atoms with Gasteiger partial charge in [0.25, 0.3) is 0 Å². The Morgan fingerprint density at radius 1 is 0.900 bits per heavy atom. The molecule has 0 spiro atoms. The predicted octanol–water partition coefficient (Wildman–Crippen LogP) is 3.60. The third kappa shape index (κ3) is 1.81. The van der Waals surface area contributed by atoms with Crippen molar-refractivity contribution >= 4 is 6.29 Å². The molecule has 0 atom stereocenters. The highest BCUT2D eigenvalue weighted by molar-refractivity contribution is 5.77. The molecule has 0 aliphatic carbocycles. The first kappa shape index (κ1) is 14.2. The lowest BCUT2D eigenvalue weighted by molar-refractivity contribution is 0.112. The molecule has 2 aromatic rings. The van der Waals surface area contributed by atoms with Crippen molar-refractivity contribution in [2.24, 2.45) is 0 Å². The van der Waals surface area contributed by atoms with Gasteiger partial charge in [0.2, 0.25) is 5.82 Å². The van der Waals surface area contributed by atoms with E-state index in [1.165, 1.54) is 19.9 Å². The Hall–Kier alpha value is -2.18. The fourth-order valence-corrected chi connectivity index (χ4v) is 2.04. The number of aromatic nitrogens is 1. The first-order valence-corrected chi connectivity index (χ1v) is 5.47. The highest BCUT2D eigenvalue weighted by atomic mass is 19.2. The number of benzene rings is 1. The molecule has 1 heterocycles. The summed E-state index contributed by atoms with van der Waals surface area (Å²) in [4.78, 5) is 10.8. The summed E-state index contributed by atoms with van der Waals surface area (Å²) in [5.41, 5.74) is -0.732. The summed E-state index contributed by atoms with van der Waals surface area (Å²) in [5, 5.41) is 0. The first-order valence-electron chi connectivity index (χ1n) is 5.47. The van der Waals surface area contributed by atoms with Crippen LogP contribution in [-0.2, 0) is 0 Å². The average molecular weight is 289 g/mol. The SMILES string of the molecule is Cc1cc(C=O)c(C)n1-c1c(F)c(F)c(F)c(F)c1F. The van der Waals surface area contributed by atoms with Crippen molar-refractivity contribution in [3.8, 4) is 5.69 Å². The second-order valence-corrected chi connectivity index (χ2v) is 4.20. The lowest BCUT2D eigenvalue weighted by atomic mass is 10.2. The smallest absolute Gasteiger partial charge is 0.200 e. The van der Waals surface area contributed by atoms with Crippen molar-refractivity contribution in [3.05, 3.63) is 52.1 Å². The molecule has 0 amide bonds. The molecule has 1 aromatic carbocycles. The second kappa shape index (κ2) is 4.73. The number of hydrogen-bond acceptors (Lipinski definition) is 1. The van der Waals surface area contributed by atoms with E-state index in [2.05, 4.69) is 0 Å². The minimum atomic E-state index is -2.22. The number of carbonyl (C=O) groups is 1. The van der Waals surface area contributed by atoms with Crippen molar-refractivity contribution in [2.75, 3.05) is 0 Å². The fraction of sp³-hybridized carbons (Fsp3) is 0.154. The maximum absolute atomic E-state index is 13.7. The van der Waals surface area contributed by atoms with E-state index in [0.29, 0.717) is 6.29 Å². The zero-order valence-corrected chi connectivity index (χ0v) is 10.4. The number of carbonyl (C=O) groups excluding carboxylic acids is 1. The highest BCUT2D eigenvalue weighted by Gasteiger charge is 2.28. The molecule has 2 nitrogen and oxygen atoms in total. The van der Waals surface area contributed by atoms with Gasteiger partial charge in [0.15, 0.2) is 29.6 Å². The Kier molecular flexibility index (Phi) is 3.37. The summed E-state index contributed by atoms with van der Waals surface area (Å²) in [5.74, 6) is -10.2. The Balaban J connectivity index is 2.91. The van der Waals surface area contributed by atoms with Gasteiger partial charge in [0.05, 0.1) is 0 Å². The van der Waals surface area contributed by atoms with Gasteiger partial charge in [0, 0.05) is 17.0 Å². The van der Waals surface area contributed by atoms with Crippen LogP contribution < -0.4 is 0 Å². The van der Waals surface area contributed by atoms with E-state index in [4.69, 9.17) is 0 Å². The standard InChI is InChI=1S/C13H8F5NO/c1-5-3-7(4-20)6(2)19(5)13-11(17)9(15)8(14)10(16)12(13)18/h3-4H,1-2H3. The topological polar surface area (TPSA) is 22.0 Å². The zero-order chi connectivity index (χ0) is 15.2. The number of halogens is 5. The van der Waals surface area contributed by atoms with E-state index in [1.807, 2.05) is 0 Å². The van der Waals surface area contributed by atoms with Crippen LogP contribution in [-0.4, -0.2) is 10.9 Å². The second-order valence-electron chi connectivity index (χ2n) is 4.20. The molecule has 2 rings (SSSR count). The molecule has 0 aliphatic rings. The monoisotopic (exact) mass is 289 g/mol. The number of hydrogen-bond donors (Lipinski definition) is 0. The van der Waals surface area contributed by atoms with Gasteiger partial charge in [-0.25, -0.2) is 22.0 Å². The highest BCUT2D eigenvalue weighted by Crippen LogP contribution is 2.29. The van der Waals surface area contributed by atoms with Crippen LogP contribution in [0.4, 0.5) is 22.0 Å². The summed E-state index contributed by atoms with van der Waals surface area (Å²) < 4.78 is 67.7. The van der Waals surface area contributed by atoms with Crippen molar-refractivity contribution < 1.29 is 26.7 Å². The summed E-state index contributed by atoms with van der Waals surface area (Å²) in [6.07, 6.45) is 0.435. The summed E-state index contributed by atoms with van der Waals surface area (Å²) in [6.45, 7) is 2.73. The van der Waals surface area contributed by atoms with Crippen molar-refractivity contribution in [1.29, 1.82) is 0 Å². The van der Waals surface area contributed by atoms with Crippen molar-refractivity contribution in [2.45, 2.75) is 13.8 Å². The van der Waals surface area contributed by atoms with E-state index in [9.17, 15) is 26.7 Å². The van der Waals surface area contributed by atoms with Gasteiger partial charge in [0.1, 0.15) is 5.69 Å². The van der Waals surface area contributed by atoms with Crippen molar-refractivity contribution in [3.63, 3.8) is 0 Å². The average Bonchev–Trinajstić information content (AvgIpc) is 2.70. The number of rotatable bonds is 2. The molecule has 0 fully saturated rings. The Bertz CT molecular complexity index is 691. The lowest BCUT2D eigenvalue weighted by Crippen LogP contribution is -2.11. The van der Waals surface area contributed by atoms with Gasteiger partial charge in [-0.05, 0) is 19.9 Å². The van der Waals surface area contributed by atoms with Gasteiger partial charge in [-0.1, -0.05) is 0 Å². The van der Waals surface area contributed by atoms with Gasteiger partial charge in [-0.3, -0.25) is 4.79 Å². The summed E-state index contributed by atoms with van der Waals surface area (Å²) in [7, 11) is 0. The summed E-state index contributed by atoms with van der Waals surface area (Å²) in [6, 6.07) is 1.29. The van der Waals surface area contributed by atoms with Crippen LogP contribution in [0.15, 0.2) is 6.07 Å². The molecular formula is C13H8F5NO. The van der Waals surface area contributed by atoms with Crippen molar-refractivity contribution in [1.82, 2.24) is 4.57 Å². The quantitative estimate of drug-likeness (QED) is 0.358. The van der Waals surface area contributed by atoms with E-state index < -0.39 is 34.8 Å². The Morgan fingerprint density at radius 2 is 1.35 bits per heavy atom. The fourth-order valence-electron chi connectivity index (χ4n) is 2.04. The molecule has 0 saturated heterocycles. The van der Waals surface area contributed by atoms with Crippen LogP contribution in [0, 0.1) is 42.9 Å². The lowest BCUT2D eigenvalue weighted by Gasteiger charge is -2.13. The van der Waals surface area contributed by atoms with Crippen LogP contribution >= 0.6 is 0 Å². The predicted molar refractivity (Wildman–Crippen MR) is 60.4 cm³/mol. The van der Waals surface area contributed by atoms with Crippen LogP contribution in [0.3, 0.4) is 0 Å². The van der Waals surface area contributed by atoms with Crippen LogP contribution in [0.1, 0.15) is 21.7 Å². The van der Waals surface area contributed by atoms with Gasteiger partial charge < -0.3 is 4.57 Å². The Morgan fingerprint density at radius 3 is 1.75 bits per heavy atom. The Labute approximate surface area is 110 Å². The largest absolute Gasteiger partial charge is 0.312 e.